The zero-order valence-corrected chi connectivity index (χ0v) is 19.7. The monoisotopic (exact) mass is 522 g/mol. The molecule has 0 aliphatic rings. The molecule has 4 rings (SSSR count). The van der Waals surface area contributed by atoms with Gasteiger partial charge in [0.05, 0.1) is 19.7 Å². The largest absolute Gasteiger partial charge is 0.573 e. The summed E-state index contributed by atoms with van der Waals surface area (Å²) in [4.78, 5) is -0.0873. The third-order valence-electron chi connectivity index (χ3n) is 5.33. The number of aryl methyl sites for hydroxylation is 3. The normalized spacial score (nSPS) is 12.5. The summed E-state index contributed by atoms with van der Waals surface area (Å²) in [5.41, 5.74) is 1.86. The van der Waals surface area contributed by atoms with Crippen LogP contribution in [0.2, 0.25) is 0 Å². The lowest BCUT2D eigenvalue weighted by Crippen LogP contribution is -2.18. The molecule has 0 fully saturated rings. The molecule has 3 nitrogen and oxygen atoms in total. The molecule has 0 aliphatic carbocycles. The van der Waals surface area contributed by atoms with Gasteiger partial charge in [0.1, 0.15) is 5.75 Å². The van der Waals surface area contributed by atoms with Crippen LogP contribution in [0.4, 0.5) is 13.2 Å². The fourth-order valence-corrected chi connectivity index (χ4v) is 6.33. The Hall–Kier alpha value is -2.58. The second-order valence-electron chi connectivity index (χ2n) is 7.73. The molecule has 0 saturated heterocycles. The second-order valence-corrected chi connectivity index (χ2v) is 11.6. The first-order valence-corrected chi connectivity index (χ1v) is 13.0. The molecule has 0 radical (unpaired) electrons. The van der Waals surface area contributed by atoms with E-state index in [1.54, 1.807) is 55.5 Å². The van der Waals surface area contributed by atoms with Gasteiger partial charge in [-0.3, -0.25) is 0 Å². The Morgan fingerprint density at radius 2 is 1.44 bits per heavy atom. The first-order chi connectivity index (χ1) is 14.9. The molecule has 0 aromatic heterocycles. The van der Waals surface area contributed by atoms with Crippen LogP contribution in [0.15, 0.2) is 59.5 Å². The van der Waals surface area contributed by atoms with Crippen molar-refractivity contribution in [3.05, 3.63) is 71.3 Å². The molecular weight excluding hydrogens is 505 g/mol. The summed E-state index contributed by atoms with van der Waals surface area (Å²) in [5, 5.41) is 2.37. The van der Waals surface area contributed by atoms with E-state index in [4.69, 9.17) is 0 Å². The molecule has 32 heavy (non-hydrogen) atoms. The predicted octanol–water partition coefficient (Wildman–Crippen LogP) is 7.57. The average Bonchev–Trinajstić information content (AvgIpc) is 2.66. The predicted molar refractivity (Wildman–Crippen MR) is 124 cm³/mol. The molecule has 4 aromatic carbocycles. The van der Waals surface area contributed by atoms with Gasteiger partial charge in [0.15, 0.2) is 0 Å². The van der Waals surface area contributed by atoms with Gasteiger partial charge in [-0.2, -0.15) is 0 Å². The molecule has 0 heterocycles. The molecule has 166 valence electrons. The third kappa shape index (κ3) is 4.09. The molecular formula is C24H18BrF3O3S. The Morgan fingerprint density at radius 1 is 0.812 bits per heavy atom. The van der Waals surface area contributed by atoms with Crippen molar-refractivity contribution in [1.29, 1.82) is 0 Å². The summed E-state index contributed by atoms with van der Waals surface area (Å²) >= 11 is 2.76. The van der Waals surface area contributed by atoms with Crippen molar-refractivity contribution in [2.24, 2.45) is 0 Å². The number of hydrogen-bond donors (Lipinski definition) is 0. The van der Waals surface area contributed by atoms with Crippen LogP contribution in [-0.4, -0.2) is 14.8 Å². The van der Waals surface area contributed by atoms with Crippen LogP contribution in [0.5, 0.6) is 5.75 Å². The standard InChI is InChI=1S/C24H18BrF3O3S/c1-13-8-9-19-17(10-13)11-14(2)22(31-24(26,27)28)20(19)21-18-7-5-4-6-16(18)12-15(3)23(21)32(25,29)30/h4-12H,1-3H3. The van der Waals surface area contributed by atoms with E-state index < -0.39 is 20.4 Å². The number of ether oxygens (including phenoxy) is 1. The van der Waals surface area contributed by atoms with Gasteiger partial charge in [0.2, 0.25) is 8.27 Å². The van der Waals surface area contributed by atoms with E-state index >= 15 is 0 Å². The fraction of sp³-hybridized carbons (Fsp3) is 0.167. The maximum absolute atomic E-state index is 13.5. The van der Waals surface area contributed by atoms with Gasteiger partial charge in [0.25, 0.3) is 0 Å². The minimum absolute atomic E-state index is 0.0873. The van der Waals surface area contributed by atoms with Gasteiger partial charge in [-0.15, -0.1) is 13.2 Å². The minimum atomic E-state index is -4.95. The Kier molecular flexibility index (Phi) is 5.49. The van der Waals surface area contributed by atoms with E-state index in [9.17, 15) is 21.6 Å². The average molecular weight is 523 g/mol. The Labute approximate surface area is 190 Å². The van der Waals surface area contributed by atoms with Crippen LogP contribution in [0.1, 0.15) is 16.7 Å². The highest BCUT2D eigenvalue weighted by Crippen LogP contribution is 2.48. The van der Waals surface area contributed by atoms with Crippen LogP contribution in [0.3, 0.4) is 0 Å². The molecule has 0 amide bonds. The second kappa shape index (κ2) is 7.78. The SMILES string of the molecule is Cc1ccc2c(-c3c(S(=O)(=O)Br)c(C)cc4ccccc34)c(OC(F)(F)F)c(C)cc2c1. The highest BCUT2D eigenvalue weighted by molar-refractivity contribution is 9.47. The first-order valence-electron chi connectivity index (χ1n) is 9.64. The lowest BCUT2D eigenvalue weighted by Gasteiger charge is -2.22. The highest BCUT2D eigenvalue weighted by atomic mass is 79.9. The van der Waals surface area contributed by atoms with Crippen molar-refractivity contribution in [1.82, 2.24) is 0 Å². The lowest BCUT2D eigenvalue weighted by molar-refractivity contribution is -0.274. The molecule has 0 saturated carbocycles. The van der Waals surface area contributed by atoms with Crippen molar-refractivity contribution < 1.29 is 26.3 Å². The van der Waals surface area contributed by atoms with Crippen molar-refractivity contribution >= 4 is 44.6 Å². The van der Waals surface area contributed by atoms with E-state index in [-0.39, 0.29) is 21.6 Å². The maximum atomic E-state index is 13.5. The summed E-state index contributed by atoms with van der Waals surface area (Å²) in [5.74, 6) is -0.415. The Morgan fingerprint density at radius 3 is 2.09 bits per heavy atom. The van der Waals surface area contributed by atoms with Gasteiger partial charge in [-0.25, -0.2) is 8.42 Å². The van der Waals surface area contributed by atoms with Gasteiger partial charge in [-0.05, 0) is 59.5 Å². The van der Waals surface area contributed by atoms with Crippen molar-refractivity contribution in [2.45, 2.75) is 32.0 Å². The van der Waals surface area contributed by atoms with Crippen LogP contribution in [0, 0.1) is 20.8 Å². The molecule has 0 unspecified atom stereocenters. The fourth-order valence-electron chi connectivity index (χ4n) is 4.17. The molecule has 0 spiro atoms. The van der Waals surface area contributed by atoms with Crippen molar-refractivity contribution in [3.8, 4) is 16.9 Å². The minimum Gasteiger partial charge on any atom is -0.405 e. The Bertz CT molecular complexity index is 1490. The number of hydrogen-bond acceptors (Lipinski definition) is 3. The van der Waals surface area contributed by atoms with Crippen molar-refractivity contribution in [2.75, 3.05) is 0 Å². The quantitative estimate of drug-likeness (QED) is 0.260. The zero-order chi connectivity index (χ0) is 23.4. The lowest BCUT2D eigenvalue weighted by atomic mass is 9.89. The van der Waals surface area contributed by atoms with E-state index in [0.717, 1.165) is 5.56 Å². The topological polar surface area (TPSA) is 43.4 Å². The van der Waals surface area contributed by atoms with Gasteiger partial charge >= 0.3 is 6.36 Å². The van der Waals surface area contributed by atoms with Gasteiger partial charge < -0.3 is 4.74 Å². The summed E-state index contributed by atoms with van der Waals surface area (Å²) in [6.45, 7) is 5.02. The molecule has 0 N–H and O–H groups in total. The molecule has 0 atom stereocenters. The van der Waals surface area contributed by atoms with Crippen LogP contribution < -0.4 is 4.74 Å². The molecule has 8 heteroatoms. The van der Waals surface area contributed by atoms with Crippen molar-refractivity contribution in [3.63, 3.8) is 0 Å². The van der Waals surface area contributed by atoms with Crippen LogP contribution >= 0.6 is 14.8 Å². The molecule has 0 bridgehead atoms. The maximum Gasteiger partial charge on any atom is 0.573 e. The number of fused-ring (bicyclic) bond motifs is 2. The summed E-state index contributed by atoms with van der Waals surface area (Å²) in [7, 11) is -3.98. The number of halogens is 4. The number of rotatable bonds is 3. The summed E-state index contributed by atoms with van der Waals surface area (Å²) < 4.78 is 70.5. The van der Waals surface area contributed by atoms with E-state index in [1.807, 2.05) is 13.0 Å². The molecule has 0 aliphatic heterocycles. The third-order valence-corrected chi connectivity index (χ3v) is 7.32. The number of benzene rings is 4. The van der Waals surface area contributed by atoms with Gasteiger partial charge in [0, 0.05) is 11.1 Å². The smallest absolute Gasteiger partial charge is 0.405 e. The zero-order valence-electron chi connectivity index (χ0n) is 17.3. The van der Waals surface area contributed by atoms with Gasteiger partial charge in [-0.1, -0.05) is 54.1 Å². The van der Waals surface area contributed by atoms with E-state index in [0.29, 0.717) is 27.1 Å². The molecule has 4 aromatic rings. The van der Waals surface area contributed by atoms with Crippen LogP contribution in [0.25, 0.3) is 32.7 Å². The summed E-state index contributed by atoms with van der Waals surface area (Å²) in [6, 6.07) is 15.7. The Balaban J connectivity index is 2.32. The van der Waals surface area contributed by atoms with Crippen LogP contribution in [-0.2, 0) is 8.27 Å². The summed E-state index contributed by atoms with van der Waals surface area (Å²) in [6.07, 6.45) is -4.95. The van der Waals surface area contributed by atoms with E-state index in [2.05, 4.69) is 19.5 Å². The van der Waals surface area contributed by atoms with E-state index in [1.165, 1.54) is 6.92 Å². The highest BCUT2D eigenvalue weighted by Gasteiger charge is 2.35. The number of alkyl halides is 3. The first kappa shape index (κ1) is 22.6.